The maximum Gasteiger partial charge on any atom is 0.246 e. The van der Waals surface area contributed by atoms with E-state index < -0.39 is 31.2 Å². The topological polar surface area (TPSA) is 150 Å². The summed E-state index contributed by atoms with van der Waals surface area (Å²) in [5.41, 5.74) is 4.81. The number of nitrogens with two attached hydrogens (primary N) is 1. The molecule has 2 fully saturated rings. The minimum absolute atomic E-state index is 0.0178. The Bertz CT molecular complexity index is 832. The lowest BCUT2D eigenvalue weighted by Gasteiger charge is -2.42. The minimum Gasteiger partial charge on any atom is -0.648 e. The summed E-state index contributed by atoms with van der Waals surface area (Å²) in [4.78, 5) is 24.2. The van der Waals surface area contributed by atoms with E-state index in [1.807, 2.05) is 0 Å². The van der Waals surface area contributed by atoms with E-state index in [2.05, 4.69) is 15.0 Å². The third-order valence-electron chi connectivity index (χ3n) is 4.21. The number of anilines is 1. The summed E-state index contributed by atoms with van der Waals surface area (Å²) in [6.07, 6.45) is -1.09. The first-order valence-corrected chi connectivity index (χ1v) is 9.84. The van der Waals surface area contributed by atoms with Crippen LogP contribution in [0.5, 0.6) is 5.88 Å². The van der Waals surface area contributed by atoms with Gasteiger partial charge in [0.25, 0.3) is 0 Å². The molecular weight excluding hydrogens is 373 g/mol. The molecule has 0 amide bonds. The summed E-state index contributed by atoms with van der Waals surface area (Å²) >= 11 is 4.76. The molecule has 4 rings (SSSR count). The third-order valence-corrected chi connectivity index (χ3v) is 5.73. The molecule has 11 nitrogen and oxygen atoms in total. The molecule has 0 bridgehead atoms. The van der Waals surface area contributed by atoms with E-state index in [-0.39, 0.29) is 18.4 Å². The molecule has 0 saturated carbocycles. The summed E-state index contributed by atoms with van der Waals surface area (Å²) in [7, 11) is -2.22. The lowest BCUT2D eigenvalue weighted by Crippen LogP contribution is -2.49. The first-order chi connectivity index (χ1) is 11.7. The van der Waals surface area contributed by atoms with Crippen LogP contribution in [0.15, 0.2) is 6.33 Å². The largest absolute Gasteiger partial charge is 0.648 e. The molecule has 13 heteroatoms. The molecule has 0 spiro atoms. The zero-order chi connectivity index (χ0) is 18.0. The molecule has 2 aliphatic rings. The Morgan fingerprint density at radius 2 is 2.32 bits per heavy atom. The minimum atomic E-state index is -3.66. The monoisotopic (exact) mass is 388 g/mol. The van der Waals surface area contributed by atoms with Gasteiger partial charge in [0.2, 0.25) is 11.8 Å². The standard InChI is InChI=1S/C12H16N5O6PS/c1-12(18)7-5(3-21-24(19,25)23-7)22-10(12)17-4-14-6-8(17)15-11(13)16-9(6)20-2/h4-5,7,10,18H,3H2,1-2H3,(H,19,25)(H2,13,15,16)/p-1/t5-,7-,10-,12-,24?/m1/s1. The molecule has 5 atom stereocenters. The molecule has 4 heterocycles. The molecule has 2 saturated heterocycles. The van der Waals surface area contributed by atoms with Crippen molar-refractivity contribution in [3.05, 3.63) is 6.33 Å². The number of imidazole rings is 1. The second kappa shape index (κ2) is 5.61. The number of rotatable bonds is 2. The fourth-order valence-electron chi connectivity index (χ4n) is 3.09. The number of methoxy groups -OCH3 is 1. The highest BCUT2D eigenvalue weighted by Crippen LogP contribution is 2.59. The van der Waals surface area contributed by atoms with Crippen LogP contribution in [0.1, 0.15) is 13.2 Å². The average molecular weight is 388 g/mol. The van der Waals surface area contributed by atoms with Gasteiger partial charge in [-0.1, -0.05) is 0 Å². The van der Waals surface area contributed by atoms with Crippen LogP contribution in [0.25, 0.3) is 11.2 Å². The van der Waals surface area contributed by atoms with Crippen LogP contribution in [0.3, 0.4) is 0 Å². The summed E-state index contributed by atoms with van der Waals surface area (Å²) < 4.78 is 22.8. The molecule has 2 aliphatic heterocycles. The van der Waals surface area contributed by atoms with Crippen LogP contribution in [0, 0.1) is 0 Å². The summed E-state index contributed by atoms with van der Waals surface area (Å²) in [5, 5.41) is 11.0. The number of ether oxygens (including phenoxy) is 2. The van der Waals surface area contributed by atoms with Gasteiger partial charge in [-0.15, -0.1) is 0 Å². The van der Waals surface area contributed by atoms with E-state index in [9.17, 15) is 10.00 Å². The number of fused-ring (bicyclic) bond motifs is 2. The maximum atomic E-state index is 11.9. The zero-order valence-corrected chi connectivity index (χ0v) is 14.9. The summed E-state index contributed by atoms with van der Waals surface area (Å²) in [6, 6.07) is 0. The van der Waals surface area contributed by atoms with E-state index in [0.29, 0.717) is 11.2 Å². The molecule has 0 aromatic carbocycles. The molecule has 0 radical (unpaired) electrons. The van der Waals surface area contributed by atoms with Crippen molar-refractivity contribution in [2.24, 2.45) is 0 Å². The van der Waals surface area contributed by atoms with Crippen LogP contribution in [-0.2, 0) is 26.0 Å². The molecule has 2 aromatic heterocycles. The van der Waals surface area contributed by atoms with Gasteiger partial charge in [0, 0.05) is 0 Å². The predicted octanol–water partition coefficient (Wildman–Crippen LogP) is -0.934. The van der Waals surface area contributed by atoms with Crippen molar-refractivity contribution in [2.75, 3.05) is 19.5 Å². The Morgan fingerprint density at radius 3 is 3.04 bits per heavy atom. The molecule has 2 aromatic rings. The van der Waals surface area contributed by atoms with E-state index >= 15 is 0 Å². The highest BCUT2D eigenvalue weighted by Gasteiger charge is 2.59. The Kier molecular flexibility index (Phi) is 3.85. The van der Waals surface area contributed by atoms with E-state index in [1.54, 1.807) is 0 Å². The lowest BCUT2D eigenvalue weighted by atomic mass is 9.96. The molecule has 1 unspecified atom stereocenters. The Morgan fingerprint density at radius 1 is 1.56 bits per heavy atom. The van der Waals surface area contributed by atoms with E-state index in [1.165, 1.54) is 24.9 Å². The van der Waals surface area contributed by atoms with Crippen LogP contribution >= 0.6 is 7.15 Å². The van der Waals surface area contributed by atoms with Crippen LogP contribution in [0.4, 0.5) is 5.95 Å². The molecule has 136 valence electrons. The predicted molar refractivity (Wildman–Crippen MR) is 85.9 cm³/mol. The van der Waals surface area contributed by atoms with Gasteiger partial charge in [-0.3, -0.25) is 4.57 Å². The van der Waals surface area contributed by atoms with Crippen molar-refractivity contribution in [1.82, 2.24) is 19.5 Å². The fourth-order valence-corrected chi connectivity index (χ4v) is 4.57. The van der Waals surface area contributed by atoms with E-state index in [0.717, 1.165) is 0 Å². The molecule has 0 aliphatic carbocycles. The average Bonchev–Trinajstić information content (AvgIpc) is 3.05. The smallest absolute Gasteiger partial charge is 0.246 e. The van der Waals surface area contributed by atoms with Crippen LogP contribution < -0.4 is 15.4 Å². The highest BCUT2D eigenvalue weighted by atomic mass is 32.7. The number of hydrogen-bond donors (Lipinski definition) is 2. The Labute approximate surface area is 147 Å². The van der Waals surface area contributed by atoms with Crippen molar-refractivity contribution in [1.29, 1.82) is 0 Å². The molecule has 25 heavy (non-hydrogen) atoms. The fraction of sp³-hybridized carbons (Fsp3) is 0.583. The Hall–Kier alpha value is -1.27. The quantitative estimate of drug-likeness (QED) is 0.485. The van der Waals surface area contributed by atoms with Crippen molar-refractivity contribution < 1.29 is 28.5 Å². The number of nitrogen functional groups attached to an aromatic ring is 1. The maximum absolute atomic E-state index is 11.9. The van der Waals surface area contributed by atoms with Gasteiger partial charge in [0.05, 0.1) is 13.4 Å². The van der Waals surface area contributed by atoms with Gasteiger partial charge in [-0.2, -0.15) is 9.97 Å². The SMILES string of the molecule is COc1nc(N)nc2c1ncn2[C@@H]1O[C@@H]2CO[P+]([O-])([S-])O[C@H]2[C@@]1(C)O. The van der Waals surface area contributed by atoms with E-state index in [4.69, 9.17) is 36.5 Å². The third kappa shape index (κ3) is 2.65. The van der Waals surface area contributed by atoms with Crippen LogP contribution in [-0.4, -0.2) is 56.2 Å². The van der Waals surface area contributed by atoms with Gasteiger partial charge >= 0.3 is 0 Å². The summed E-state index contributed by atoms with van der Waals surface area (Å²) in [6.45, 7) is 1.45. The molecular formula is C12H15N5O6PS-. The van der Waals surface area contributed by atoms with Gasteiger partial charge in [0.15, 0.2) is 23.5 Å². The number of nitrogens with zero attached hydrogens (tertiary/aromatic N) is 4. The summed E-state index contributed by atoms with van der Waals surface area (Å²) in [5.74, 6) is 0.182. The highest BCUT2D eigenvalue weighted by molar-refractivity contribution is 8.34. The van der Waals surface area contributed by atoms with Crippen molar-refractivity contribution in [2.45, 2.75) is 31.0 Å². The lowest BCUT2D eigenvalue weighted by molar-refractivity contribution is -0.232. The first kappa shape index (κ1) is 17.2. The van der Waals surface area contributed by atoms with Gasteiger partial charge in [-0.05, 0) is 6.92 Å². The van der Waals surface area contributed by atoms with Gasteiger partial charge < -0.3 is 37.5 Å². The van der Waals surface area contributed by atoms with Gasteiger partial charge in [-0.25, -0.2) is 14.0 Å². The number of aromatic nitrogens is 4. The van der Waals surface area contributed by atoms with Crippen LogP contribution in [0.2, 0.25) is 0 Å². The second-order valence-corrected chi connectivity index (χ2v) is 8.64. The number of hydrogen-bond acceptors (Lipinski definition) is 11. The zero-order valence-electron chi connectivity index (χ0n) is 13.2. The first-order valence-electron chi connectivity index (χ1n) is 7.29. The van der Waals surface area contributed by atoms with Gasteiger partial charge in [0.1, 0.15) is 25.5 Å². The van der Waals surface area contributed by atoms with Crippen molar-refractivity contribution in [3.63, 3.8) is 0 Å². The molecule has 3 N–H and O–H groups in total. The second-order valence-electron chi connectivity index (χ2n) is 5.94. The van der Waals surface area contributed by atoms with Crippen molar-refractivity contribution >= 4 is 36.5 Å². The number of aliphatic hydroxyl groups is 1. The normalized spacial score (nSPS) is 38.0. The Balaban J connectivity index is 1.78. The van der Waals surface area contributed by atoms with Crippen molar-refractivity contribution in [3.8, 4) is 5.88 Å².